The number of carbonyl (C=O) groups excluding carboxylic acids is 1. The summed E-state index contributed by atoms with van der Waals surface area (Å²) < 4.78 is 4.55. The highest BCUT2D eigenvalue weighted by molar-refractivity contribution is 5.44. The van der Waals surface area contributed by atoms with Crippen LogP contribution in [0.25, 0.3) is 0 Å². The van der Waals surface area contributed by atoms with Gasteiger partial charge in [0.15, 0.2) is 0 Å². The number of hydrogen-bond donors (Lipinski definition) is 1. The van der Waals surface area contributed by atoms with Crippen molar-refractivity contribution in [3.8, 4) is 0 Å². The molecule has 0 saturated heterocycles. The standard InChI is InChI=1S/C8H11N.C5H10O2.C2H6/c1-7-4-3-5-8(6-7)9-2;1-5(2,3)7-4-6;1-2/h3-6,9H,1-2H3;4H,1-3H3;1-2H3. The van der Waals surface area contributed by atoms with Crippen LogP contribution in [0.5, 0.6) is 0 Å². The first-order valence-corrected chi connectivity index (χ1v) is 6.25. The van der Waals surface area contributed by atoms with E-state index in [4.69, 9.17) is 0 Å². The van der Waals surface area contributed by atoms with Crippen LogP contribution in [0.4, 0.5) is 5.69 Å². The highest BCUT2D eigenvalue weighted by Crippen LogP contribution is 2.07. The van der Waals surface area contributed by atoms with Gasteiger partial charge >= 0.3 is 0 Å². The van der Waals surface area contributed by atoms with E-state index in [0.29, 0.717) is 6.47 Å². The summed E-state index contributed by atoms with van der Waals surface area (Å²) >= 11 is 0. The number of anilines is 1. The summed E-state index contributed by atoms with van der Waals surface area (Å²) in [7, 11) is 1.93. The van der Waals surface area contributed by atoms with Gasteiger partial charge in [-0.25, -0.2) is 0 Å². The lowest BCUT2D eigenvalue weighted by Gasteiger charge is -2.14. The Balaban J connectivity index is 0. The largest absolute Gasteiger partial charge is 0.462 e. The van der Waals surface area contributed by atoms with E-state index < -0.39 is 0 Å². The molecule has 0 aromatic heterocycles. The zero-order valence-electron chi connectivity index (χ0n) is 12.7. The maximum absolute atomic E-state index is 9.60. The first kappa shape index (κ1) is 18.8. The molecule has 0 unspecified atom stereocenters. The number of nitrogens with one attached hydrogen (secondary N) is 1. The van der Waals surface area contributed by atoms with Crippen molar-refractivity contribution in [2.24, 2.45) is 0 Å². The molecule has 18 heavy (non-hydrogen) atoms. The van der Waals surface area contributed by atoms with E-state index in [0.717, 1.165) is 0 Å². The first-order valence-electron chi connectivity index (χ1n) is 6.25. The Labute approximate surface area is 112 Å². The van der Waals surface area contributed by atoms with Gasteiger partial charge < -0.3 is 10.1 Å². The molecule has 1 N–H and O–H groups in total. The lowest BCUT2D eigenvalue weighted by molar-refractivity contribution is -0.138. The van der Waals surface area contributed by atoms with Crippen molar-refractivity contribution < 1.29 is 9.53 Å². The van der Waals surface area contributed by atoms with Gasteiger partial charge in [0.05, 0.1) is 0 Å². The molecular formula is C15H27NO2. The Morgan fingerprint density at radius 3 is 2.00 bits per heavy atom. The molecule has 1 rings (SSSR count). The maximum atomic E-state index is 9.60. The molecule has 3 nitrogen and oxygen atoms in total. The number of ether oxygens (including phenoxy) is 1. The molecule has 0 bridgehead atoms. The van der Waals surface area contributed by atoms with Crippen LogP contribution in [0.1, 0.15) is 40.2 Å². The maximum Gasteiger partial charge on any atom is 0.293 e. The van der Waals surface area contributed by atoms with E-state index in [2.05, 4.69) is 29.1 Å². The zero-order valence-corrected chi connectivity index (χ0v) is 12.7. The zero-order chi connectivity index (χ0) is 14.6. The van der Waals surface area contributed by atoms with Gasteiger partial charge in [0.1, 0.15) is 5.60 Å². The monoisotopic (exact) mass is 253 g/mol. The third kappa shape index (κ3) is 12.6. The fourth-order valence-corrected chi connectivity index (χ4v) is 0.945. The first-order chi connectivity index (χ1) is 8.39. The van der Waals surface area contributed by atoms with E-state index in [1.807, 2.05) is 53.8 Å². The summed E-state index contributed by atoms with van der Waals surface area (Å²) in [6.07, 6.45) is 0. The molecule has 1 aromatic rings. The molecule has 0 saturated carbocycles. The van der Waals surface area contributed by atoms with Gasteiger partial charge in [0, 0.05) is 12.7 Å². The van der Waals surface area contributed by atoms with Crippen molar-refractivity contribution >= 4 is 12.2 Å². The molecule has 104 valence electrons. The van der Waals surface area contributed by atoms with E-state index >= 15 is 0 Å². The van der Waals surface area contributed by atoms with Crippen LogP contribution in [0.2, 0.25) is 0 Å². The Hall–Kier alpha value is -1.51. The van der Waals surface area contributed by atoms with Crippen LogP contribution < -0.4 is 5.32 Å². The molecule has 3 heteroatoms. The predicted molar refractivity (Wildman–Crippen MR) is 79.0 cm³/mol. The molecular weight excluding hydrogens is 226 g/mol. The smallest absolute Gasteiger partial charge is 0.293 e. The highest BCUT2D eigenvalue weighted by atomic mass is 16.5. The van der Waals surface area contributed by atoms with Crippen molar-refractivity contribution in [1.82, 2.24) is 0 Å². The van der Waals surface area contributed by atoms with Crippen LogP contribution >= 0.6 is 0 Å². The van der Waals surface area contributed by atoms with Gasteiger partial charge in [-0.2, -0.15) is 0 Å². The molecule has 0 aliphatic heterocycles. The second-order valence-electron chi connectivity index (χ2n) is 4.45. The van der Waals surface area contributed by atoms with Gasteiger partial charge in [-0.05, 0) is 45.4 Å². The number of rotatable bonds is 2. The topological polar surface area (TPSA) is 38.3 Å². The third-order valence-electron chi connectivity index (χ3n) is 1.71. The van der Waals surface area contributed by atoms with Crippen molar-refractivity contribution in [2.45, 2.75) is 47.1 Å². The molecule has 0 radical (unpaired) electrons. The van der Waals surface area contributed by atoms with E-state index in [1.165, 1.54) is 11.3 Å². The summed E-state index contributed by atoms with van der Waals surface area (Å²) in [6, 6.07) is 8.29. The highest BCUT2D eigenvalue weighted by Gasteiger charge is 2.07. The van der Waals surface area contributed by atoms with Crippen LogP contribution in [-0.2, 0) is 9.53 Å². The molecule has 0 amide bonds. The second kappa shape index (κ2) is 10.6. The lowest BCUT2D eigenvalue weighted by Crippen LogP contribution is -2.17. The van der Waals surface area contributed by atoms with Crippen molar-refractivity contribution in [3.05, 3.63) is 29.8 Å². The second-order valence-corrected chi connectivity index (χ2v) is 4.45. The van der Waals surface area contributed by atoms with Gasteiger partial charge in [-0.1, -0.05) is 26.0 Å². The Morgan fingerprint density at radius 2 is 1.78 bits per heavy atom. The Bertz CT molecular complexity index is 317. The predicted octanol–water partition coefficient (Wildman–Crippen LogP) is 4.02. The summed E-state index contributed by atoms with van der Waals surface area (Å²) in [6.45, 7) is 12.0. The minimum Gasteiger partial charge on any atom is -0.462 e. The minimum absolute atomic E-state index is 0.318. The number of aryl methyl sites for hydroxylation is 1. The fourth-order valence-electron chi connectivity index (χ4n) is 0.945. The van der Waals surface area contributed by atoms with Gasteiger partial charge in [-0.15, -0.1) is 0 Å². The average Bonchev–Trinajstić information content (AvgIpc) is 2.31. The molecule has 0 atom stereocenters. The fraction of sp³-hybridized carbons (Fsp3) is 0.533. The minimum atomic E-state index is -0.318. The molecule has 0 fully saturated rings. The van der Waals surface area contributed by atoms with Gasteiger partial charge in [-0.3, -0.25) is 4.79 Å². The number of hydrogen-bond acceptors (Lipinski definition) is 3. The molecule has 0 aliphatic carbocycles. The quantitative estimate of drug-likeness (QED) is 0.809. The molecule has 0 heterocycles. The normalized spacial score (nSPS) is 9.06. The van der Waals surface area contributed by atoms with Crippen LogP contribution in [0, 0.1) is 6.92 Å². The van der Waals surface area contributed by atoms with Gasteiger partial charge in [0.2, 0.25) is 0 Å². The molecule has 0 spiro atoms. The Kier molecular flexibility index (Phi) is 11.1. The van der Waals surface area contributed by atoms with E-state index in [9.17, 15) is 4.79 Å². The Morgan fingerprint density at radius 1 is 1.22 bits per heavy atom. The van der Waals surface area contributed by atoms with Crippen molar-refractivity contribution in [2.75, 3.05) is 12.4 Å². The van der Waals surface area contributed by atoms with Crippen LogP contribution in [-0.4, -0.2) is 19.1 Å². The average molecular weight is 253 g/mol. The van der Waals surface area contributed by atoms with Crippen LogP contribution in [0.3, 0.4) is 0 Å². The van der Waals surface area contributed by atoms with Gasteiger partial charge in [0.25, 0.3) is 6.47 Å². The van der Waals surface area contributed by atoms with E-state index in [1.54, 1.807) is 0 Å². The molecule has 0 aliphatic rings. The summed E-state index contributed by atoms with van der Waals surface area (Å²) in [5.41, 5.74) is 2.15. The lowest BCUT2D eigenvalue weighted by atomic mass is 10.2. The SMILES string of the molecule is CC.CC(C)(C)OC=O.CNc1cccc(C)c1. The molecule has 1 aromatic carbocycles. The summed E-state index contributed by atoms with van der Waals surface area (Å²) in [4.78, 5) is 9.60. The summed E-state index contributed by atoms with van der Waals surface area (Å²) in [5, 5.41) is 3.07. The van der Waals surface area contributed by atoms with Crippen molar-refractivity contribution in [1.29, 1.82) is 0 Å². The third-order valence-corrected chi connectivity index (χ3v) is 1.71. The summed E-state index contributed by atoms with van der Waals surface area (Å²) in [5.74, 6) is 0. The van der Waals surface area contributed by atoms with E-state index in [-0.39, 0.29) is 5.60 Å². The number of carbonyl (C=O) groups is 1. The van der Waals surface area contributed by atoms with Crippen molar-refractivity contribution in [3.63, 3.8) is 0 Å². The number of benzene rings is 1. The van der Waals surface area contributed by atoms with Crippen LogP contribution in [0.15, 0.2) is 24.3 Å².